The van der Waals surface area contributed by atoms with Crippen molar-refractivity contribution in [3.8, 4) is 10.6 Å². The maximum Gasteiger partial charge on any atom is 0.336 e. The van der Waals surface area contributed by atoms with E-state index in [0.29, 0.717) is 5.69 Å². The lowest BCUT2D eigenvalue weighted by Crippen LogP contribution is -2.16. The lowest BCUT2D eigenvalue weighted by atomic mass is 10.1. The van der Waals surface area contributed by atoms with Gasteiger partial charge in [0.25, 0.3) is 5.91 Å². The number of hydrogen-bond acceptors (Lipinski definition) is 4. The second-order valence-corrected chi connectivity index (χ2v) is 7.40. The summed E-state index contributed by atoms with van der Waals surface area (Å²) in [7, 11) is 0. The molecule has 6 heteroatoms. The molecular formula is C22H16N2O3S. The third kappa shape index (κ3) is 3.50. The van der Waals surface area contributed by atoms with Crippen LogP contribution in [0.1, 0.15) is 26.3 Å². The van der Waals surface area contributed by atoms with E-state index < -0.39 is 11.9 Å². The van der Waals surface area contributed by atoms with E-state index in [2.05, 4.69) is 23.3 Å². The van der Waals surface area contributed by atoms with Gasteiger partial charge in [-0.2, -0.15) is 0 Å². The number of amides is 1. The zero-order chi connectivity index (χ0) is 19.7. The van der Waals surface area contributed by atoms with Gasteiger partial charge in [0.1, 0.15) is 5.01 Å². The van der Waals surface area contributed by atoms with Crippen LogP contribution in [0.2, 0.25) is 0 Å². The third-order valence-electron chi connectivity index (χ3n) is 4.34. The van der Waals surface area contributed by atoms with Crippen molar-refractivity contribution in [3.63, 3.8) is 0 Å². The largest absolute Gasteiger partial charge is 0.478 e. The maximum atomic E-state index is 12.5. The summed E-state index contributed by atoms with van der Waals surface area (Å²) in [5.41, 5.74) is 3.81. The number of hydrogen-bond donors (Lipinski definition) is 2. The van der Waals surface area contributed by atoms with Crippen molar-refractivity contribution in [1.82, 2.24) is 4.98 Å². The quantitative estimate of drug-likeness (QED) is 0.502. The number of aromatic carboxylic acids is 1. The Morgan fingerprint density at radius 1 is 0.964 bits per heavy atom. The van der Waals surface area contributed by atoms with Crippen molar-refractivity contribution in [3.05, 3.63) is 83.4 Å². The standard InChI is InChI=1S/C22H16N2O3S/c1-13-6-11-18-19(12-13)28-21(24-18)14-7-9-15(10-8-14)23-20(25)16-4-2-3-5-17(16)22(26)27/h2-12H,1H3,(H,23,25)(H,26,27). The van der Waals surface area contributed by atoms with Crippen LogP contribution in [0, 0.1) is 6.92 Å². The summed E-state index contributed by atoms with van der Waals surface area (Å²) < 4.78 is 1.14. The van der Waals surface area contributed by atoms with Crippen LogP contribution in [0.15, 0.2) is 66.7 Å². The molecule has 0 saturated carbocycles. The lowest BCUT2D eigenvalue weighted by molar-refractivity contribution is 0.0692. The predicted molar refractivity (Wildman–Crippen MR) is 111 cm³/mol. The van der Waals surface area contributed by atoms with Gasteiger partial charge in [-0.05, 0) is 61.0 Å². The van der Waals surface area contributed by atoms with E-state index in [-0.39, 0.29) is 11.1 Å². The SMILES string of the molecule is Cc1ccc2nc(-c3ccc(NC(=O)c4ccccc4C(=O)O)cc3)sc2c1. The molecule has 28 heavy (non-hydrogen) atoms. The van der Waals surface area contributed by atoms with Gasteiger partial charge in [-0.3, -0.25) is 4.79 Å². The van der Waals surface area contributed by atoms with Gasteiger partial charge in [0.2, 0.25) is 0 Å². The van der Waals surface area contributed by atoms with Gasteiger partial charge in [0.05, 0.1) is 21.3 Å². The Kier molecular flexibility index (Phi) is 4.63. The molecule has 1 heterocycles. The molecule has 0 unspecified atom stereocenters. The molecule has 0 spiro atoms. The van der Waals surface area contributed by atoms with Gasteiger partial charge in [-0.25, -0.2) is 9.78 Å². The Bertz CT molecular complexity index is 1200. The van der Waals surface area contributed by atoms with Crippen LogP contribution in [-0.4, -0.2) is 22.0 Å². The van der Waals surface area contributed by atoms with Crippen molar-refractivity contribution in [2.45, 2.75) is 6.92 Å². The summed E-state index contributed by atoms with van der Waals surface area (Å²) in [5.74, 6) is -1.59. The van der Waals surface area contributed by atoms with E-state index >= 15 is 0 Å². The minimum absolute atomic E-state index is 0.0265. The lowest BCUT2D eigenvalue weighted by Gasteiger charge is -2.08. The molecule has 0 saturated heterocycles. The molecule has 0 atom stereocenters. The number of anilines is 1. The molecule has 3 aromatic carbocycles. The first-order valence-corrected chi connectivity index (χ1v) is 9.44. The maximum absolute atomic E-state index is 12.5. The molecule has 0 bridgehead atoms. The second-order valence-electron chi connectivity index (χ2n) is 6.37. The summed E-state index contributed by atoms with van der Waals surface area (Å²) >= 11 is 1.62. The monoisotopic (exact) mass is 388 g/mol. The predicted octanol–water partition coefficient (Wildman–Crippen LogP) is 5.22. The van der Waals surface area contributed by atoms with Crippen molar-refractivity contribution in [1.29, 1.82) is 0 Å². The molecule has 0 aliphatic carbocycles. The van der Waals surface area contributed by atoms with Crippen molar-refractivity contribution >= 4 is 39.1 Å². The zero-order valence-corrected chi connectivity index (χ0v) is 15.8. The minimum Gasteiger partial charge on any atom is -0.478 e. The molecular weight excluding hydrogens is 372 g/mol. The number of rotatable bonds is 4. The molecule has 4 rings (SSSR count). The Morgan fingerprint density at radius 3 is 2.39 bits per heavy atom. The van der Waals surface area contributed by atoms with Crippen LogP contribution in [0.25, 0.3) is 20.8 Å². The number of nitrogens with zero attached hydrogens (tertiary/aromatic N) is 1. The van der Waals surface area contributed by atoms with Crippen molar-refractivity contribution in [2.75, 3.05) is 5.32 Å². The molecule has 5 nitrogen and oxygen atoms in total. The zero-order valence-electron chi connectivity index (χ0n) is 15.0. The average molecular weight is 388 g/mol. The number of aryl methyl sites for hydroxylation is 1. The highest BCUT2D eigenvalue weighted by Gasteiger charge is 2.16. The number of aromatic nitrogens is 1. The minimum atomic E-state index is -1.13. The Balaban J connectivity index is 1.56. The van der Waals surface area contributed by atoms with E-state index in [4.69, 9.17) is 0 Å². The number of thiazole rings is 1. The van der Waals surface area contributed by atoms with Crippen LogP contribution < -0.4 is 5.32 Å². The van der Waals surface area contributed by atoms with E-state index in [0.717, 1.165) is 20.8 Å². The highest BCUT2D eigenvalue weighted by Crippen LogP contribution is 2.31. The molecule has 0 aliphatic rings. The van der Waals surface area contributed by atoms with Gasteiger partial charge in [-0.15, -0.1) is 11.3 Å². The first-order chi connectivity index (χ1) is 13.5. The fourth-order valence-electron chi connectivity index (χ4n) is 2.92. The van der Waals surface area contributed by atoms with E-state index in [9.17, 15) is 14.7 Å². The number of carbonyl (C=O) groups excluding carboxylic acids is 1. The van der Waals surface area contributed by atoms with Gasteiger partial charge >= 0.3 is 5.97 Å². The van der Waals surface area contributed by atoms with Crippen LogP contribution in [0.3, 0.4) is 0 Å². The number of carboxylic acids is 1. The highest BCUT2D eigenvalue weighted by atomic mass is 32.1. The molecule has 1 amide bonds. The van der Waals surface area contributed by atoms with Crippen molar-refractivity contribution in [2.24, 2.45) is 0 Å². The molecule has 0 aliphatic heterocycles. The smallest absolute Gasteiger partial charge is 0.336 e. The Hall–Kier alpha value is -3.51. The summed E-state index contributed by atoms with van der Waals surface area (Å²) in [5, 5.41) is 12.9. The number of benzene rings is 3. The molecule has 4 aromatic rings. The highest BCUT2D eigenvalue weighted by molar-refractivity contribution is 7.21. The summed E-state index contributed by atoms with van der Waals surface area (Å²) in [6.07, 6.45) is 0. The molecule has 138 valence electrons. The average Bonchev–Trinajstić information content (AvgIpc) is 3.11. The van der Waals surface area contributed by atoms with Gasteiger partial charge < -0.3 is 10.4 Å². The fraction of sp³-hybridized carbons (Fsp3) is 0.0455. The number of carboxylic acid groups (broad SMARTS) is 1. The van der Waals surface area contributed by atoms with E-state index in [1.165, 1.54) is 17.7 Å². The summed E-state index contributed by atoms with van der Waals surface area (Å²) in [4.78, 5) is 28.4. The second kappa shape index (κ2) is 7.25. The Labute approximate surface area is 165 Å². The van der Waals surface area contributed by atoms with Crippen LogP contribution in [0.5, 0.6) is 0 Å². The topological polar surface area (TPSA) is 79.3 Å². The van der Waals surface area contributed by atoms with Gasteiger partial charge in [-0.1, -0.05) is 18.2 Å². The van der Waals surface area contributed by atoms with Crippen LogP contribution in [-0.2, 0) is 0 Å². The number of carbonyl (C=O) groups is 2. The van der Waals surface area contributed by atoms with Gasteiger partial charge in [0, 0.05) is 11.3 Å². The third-order valence-corrected chi connectivity index (χ3v) is 5.40. The first-order valence-electron chi connectivity index (χ1n) is 8.62. The van der Waals surface area contributed by atoms with E-state index in [1.54, 1.807) is 35.6 Å². The Morgan fingerprint density at radius 2 is 1.68 bits per heavy atom. The fourth-order valence-corrected chi connectivity index (χ4v) is 3.99. The summed E-state index contributed by atoms with van der Waals surface area (Å²) in [6.45, 7) is 2.05. The van der Waals surface area contributed by atoms with E-state index in [1.807, 2.05) is 24.3 Å². The molecule has 0 fully saturated rings. The van der Waals surface area contributed by atoms with Crippen molar-refractivity contribution < 1.29 is 14.7 Å². The molecule has 0 radical (unpaired) electrons. The molecule has 2 N–H and O–H groups in total. The van der Waals surface area contributed by atoms with Gasteiger partial charge in [0.15, 0.2) is 0 Å². The van der Waals surface area contributed by atoms with Crippen LogP contribution >= 0.6 is 11.3 Å². The normalized spacial score (nSPS) is 10.8. The number of nitrogens with one attached hydrogen (secondary N) is 1. The molecule has 1 aromatic heterocycles. The number of fused-ring (bicyclic) bond motifs is 1. The van der Waals surface area contributed by atoms with Crippen LogP contribution in [0.4, 0.5) is 5.69 Å². The summed E-state index contributed by atoms with van der Waals surface area (Å²) in [6, 6.07) is 19.7. The first kappa shape index (κ1) is 17.9.